The Morgan fingerprint density at radius 1 is 1.09 bits per heavy atom. The van der Waals surface area contributed by atoms with Crippen LogP contribution in [0.5, 0.6) is 5.75 Å². The van der Waals surface area contributed by atoms with Crippen LogP contribution in [0.2, 0.25) is 0 Å². The van der Waals surface area contributed by atoms with E-state index in [9.17, 15) is 24.5 Å². The van der Waals surface area contributed by atoms with Gasteiger partial charge in [-0.2, -0.15) is 11.7 Å². The van der Waals surface area contributed by atoms with Crippen molar-refractivity contribution < 1.29 is 24.5 Å². The van der Waals surface area contributed by atoms with E-state index in [1.165, 1.54) is 24.4 Å². The maximum absolute atomic E-state index is 13.5. The second kappa shape index (κ2) is 8.34. The summed E-state index contributed by atoms with van der Waals surface area (Å²) in [6.07, 6.45) is 1.27. The fourth-order valence-electron chi connectivity index (χ4n) is 2.00. The van der Waals surface area contributed by atoms with Gasteiger partial charge in [0.2, 0.25) is 4.20 Å². The maximum Gasteiger partial charge on any atom is 0.217 e. The van der Waals surface area contributed by atoms with E-state index in [0.29, 0.717) is 5.52 Å². The van der Waals surface area contributed by atoms with Crippen LogP contribution in [0.4, 0.5) is 19.4 Å². The van der Waals surface area contributed by atoms with E-state index in [1.807, 2.05) is 0 Å². The molecule has 0 saturated carbocycles. The van der Waals surface area contributed by atoms with Gasteiger partial charge in [0.1, 0.15) is 35.7 Å². The largest absolute Gasteiger partial charge is 0.508 e. The molecule has 2 rings (SSSR count). The molecule has 1 aromatic carbocycles. The molecule has 3 nitrogen and oxygen atoms in total. The Morgan fingerprint density at radius 2 is 1.74 bits per heavy atom. The molecule has 128 valence electrons. The molecule has 0 aliphatic heterocycles. The monoisotopic (exact) mass is 426 g/mol. The molecule has 0 bridgehead atoms. The van der Waals surface area contributed by atoms with Gasteiger partial charge in [0.15, 0.2) is 0 Å². The van der Waals surface area contributed by atoms with Crippen LogP contribution in [0.3, 0.4) is 0 Å². The second-order valence-corrected chi connectivity index (χ2v) is 7.82. The smallest absolute Gasteiger partial charge is 0.217 e. The van der Waals surface area contributed by atoms with E-state index >= 15 is 0 Å². The summed E-state index contributed by atoms with van der Waals surface area (Å²) >= 11 is -3.44. The molecule has 0 spiro atoms. The van der Waals surface area contributed by atoms with Crippen LogP contribution in [0.1, 0.15) is 10.8 Å². The molecule has 2 N–H and O–H groups in total. The lowest BCUT2D eigenvalue weighted by Gasteiger charge is -2.34. The molecule has 1 aromatic heterocycles. The average Bonchev–Trinajstić information content (AvgIpc) is 2.97. The number of benzene rings is 1. The minimum absolute atomic E-state index is 0.0429. The van der Waals surface area contributed by atoms with Crippen molar-refractivity contribution in [3.63, 3.8) is 0 Å². The zero-order valence-corrected chi connectivity index (χ0v) is 14.8. The Balaban J connectivity index is 2.60. The van der Waals surface area contributed by atoms with Crippen LogP contribution < -0.4 is 0 Å². The summed E-state index contributed by atoms with van der Waals surface area (Å²) in [4.78, 5) is 2.75. The minimum Gasteiger partial charge on any atom is -0.508 e. The number of hydrogen-bond acceptors (Lipinski definition) is 7. The minimum atomic E-state index is -2.57. The van der Waals surface area contributed by atoms with Gasteiger partial charge < -0.3 is 10.1 Å². The quantitative estimate of drug-likeness (QED) is 0.274. The van der Waals surface area contributed by atoms with Crippen molar-refractivity contribution in [1.82, 2.24) is 8.69 Å². The van der Waals surface area contributed by atoms with Gasteiger partial charge in [-0.15, -0.1) is 11.5 Å². The summed E-state index contributed by atoms with van der Waals surface area (Å²) in [6.45, 7) is 0. The van der Waals surface area contributed by atoms with Crippen molar-refractivity contribution in [3.8, 4) is 5.75 Å². The van der Waals surface area contributed by atoms with Crippen molar-refractivity contribution in [2.75, 3.05) is 0 Å². The molecule has 0 aliphatic carbocycles. The number of phenols is 1. The number of aromatic hydroxyl groups is 1. The van der Waals surface area contributed by atoms with Crippen LogP contribution in [-0.2, 0) is 0 Å². The number of fused-ring (bicyclic) bond motifs is 1. The predicted octanol–water partition coefficient (Wildman–Crippen LogP) is 6.79. The van der Waals surface area contributed by atoms with Crippen molar-refractivity contribution in [2.45, 2.75) is 9.45 Å². The highest BCUT2D eigenvalue weighted by Gasteiger charge is 2.53. The fraction of sp³-hybridized carbons (Fsp3) is 0.200. The van der Waals surface area contributed by atoms with E-state index in [-0.39, 0.29) is 20.4 Å². The molecule has 1 unspecified atom stereocenters. The lowest BCUT2D eigenvalue weighted by atomic mass is 10.1. The van der Waals surface area contributed by atoms with Crippen molar-refractivity contribution in [1.29, 1.82) is 0 Å². The van der Waals surface area contributed by atoms with Crippen molar-refractivity contribution >= 4 is 72.0 Å². The van der Waals surface area contributed by atoms with Crippen LogP contribution in [0, 0.1) is 0 Å². The molecule has 0 saturated heterocycles. The number of nitrogens with zero attached hydrogens (tertiary/aromatic N) is 1. The lowest BCUT2D eigenvalue weighted by molar-refractivity contribution is 0.476. The van der Waals surface area contributed by atoms with E-state index in [0.717, 1.165) is 0 Å². The molecule has 0 aliphatic rings. The van der Waals surface area contributed by atoms with Crippen LogP contribution in [-0.4, -0.2) is 18.0 Å². The van der Waals surface area contributed by atoms with E-state index in [1.54, 1.807) is 0 Å². The highest BCUT2D eigenvalue weighted by Crippen LogP contribution is 2.61. The van der Waals surface area contributed by atoms with Gasteiger partial charge in [0.25, 0.3) is 0 Å². The fourth-order valence-corrected chi connectivity index (χ4v) is 4.87. The molecule has 1 heterocycles. The Kier molecular flexibility index (Phi) is 6.98. The van der Waals surface area contributed by atoms with E-state index in [2.05, 4.69) is 4.98 Å². The molecule has 2 aromatic rings. The van der Waals surface area contributed by atoms with Gasteiger partial charge in [-0.25, -0.2) is 0 Å². The summed E-state index contributed by atoms with van der Waals surface area (Å²) in [7, 11) is 0. The standard InChI is InChI=1S/C10H7F5N2OS5/c11-19-9(10(20-12,21-13)17(22-14)23-15)7-4-16-8-2-1-5(18)3-6(7)8/h1-4,9,16,18H. The first kappa shape index (κ1) is 19.2. The average molecular weight is 427 g/mol. The summed E-state index contributed by atoms with van der Waals surface area (Å²) < 4.78 is 63.7. The molecular weight excluding hydrogens is 419 g/mol. The Hall–Kier alpha value is -0.0800. The number of phenolic OH excluding ortho intramolecular Hbond substituents is 1. The zero-order valence-electron chi connectivity index (χ0n) is 10.7. The van der Waals surface area contributed by atoms with Crippen LogP contribution in [0.15, 0.2) is 24.4 Å². The Labute approximate surface area is 150 Å². The number of rotatable bonds is 8. The summed E-state index contributed by atoms with van der Waals surface area (Å²) in [6, 6.07) is 4.10. The Morgan fingerprint density at radius 3 is 2.26 bits per heavy atom. The molecule has 0 fully saturated rings. The molecule has 1 atom stereocenters. The second-order valence-electron chi connectivity index (χ2n) is 4.12. The number of hydrogen-bond donors (Lipinski definition) is 2. The summed E-state index contributed by atoms with van der Waals surface area (Å²) in [5.74, 6) is -0.149. The number of halogens is 5. The van der Waals surface area contributed by atoms with Gasteiger partial charge in [-0.1, -0.05) is 0 Å². The number of aromatic nitrogens is 1. The first-order chi connectivity index (χ1) is 11.1. The van der Waals surface area contributed by atoms with Crippen LogP contribution >= 0.6 is 61.1 Å². The lowest BCUT2D eigenvalue weighted by Crippen LogP contribution is -2.36. The maximum atomic E-state index is 13.5. The molecule has 0 amide bonds. The molecule has 0 radical (unpaired) electrons. The normalized spacial score (nSPS) is 13.8. The predicted molar refractivity (Wildman–Crippen MR) is 90.8 cm³/mol. The summed E-state index contributed by atoms with van der Waals surface area (Å²) in [5.41, 5.74) is 0.512. The van der Waals surface area contributed by atoms with Gasteiger partial charge >= 0.3 is 0 Å². The number of aromatic amines is 1. The summed E-state index contributed by atoms with van der Waals surface area (Å²) in [5, 5.41) is 8.17. The van der Waals surface area contributed by atoms with Crippen molar-refractivity contribution in [3.05, 3.63) is 30.0 Å². The topological polar surface area (TPSA) is 39.3 Å². The SMILES string of the molecule is Oc1ccc2[nH]cc(C(SF)C(SF)(SF)N(SF)SF)c2c1. The molecular formula is C10H7F5N2OS5. The van der Waals surface area contributed by atoms with Crippen molar-refractivity contribution in [2.24, 2.45) is 0 Å². The first-order valence-electron chi connectivity index (χ1n) is 5.62. The van der Waals surface area contributed by atoms with Crippen LogP contribution in [0.25, 0.3) is 10.9 Å². The highest BCUT2D eigenvalue weighted by molar-refractivity contribution is 8.18. The molecule has 23 heavy (non-hydrogen) atoms. The first-order valence-corrected chi connectivity index (χ1v) is 9.18. The third-order valence-corrected chi connectivity index (χ3v) is 7.36. The zero-order chi connectivity index (χ0) is 17.0. The van der Waals surface area contributed by atoms with E-state index in [4.69, 9.17) is 0 Å². The third kappa shape index (κ3) is 3.49. The van der Waals surface area contributed by atoms with E-state index < -0.39 is 70.6 Å². The van der Waals surface area contributed by atoms with Gasteiger partial charge in [0.05, 0.1) is 36.4 Å². The van der Waals surface area contributed by atoms with Gasteiger partial charge in [-0.05, 0) is 23.8 Å². The highest BCUT2D eigenvalue weighted by atomic mass is 32.3. The van der Waals surface area contributed by atoms with Gasteiger partial charge in [-0.3, -0.25) is 0 Å². The third-order valence-electron chi connectivity index (χ3n) is 3.00. The van der Waals surface area contributed by atoms with Gasteiger partial charge in [0, 0.05) is 17.1 Å². The molecule has 13 heteroatoms. The Bertz CT molecular complexity index is 654. The number of H-pyrrole nitrogens is 1. The number of nitrogens with one attached hydrogen (secondary N) is 1.